The molecule has 3 aromatic heterocycles. The van der Waals surface area contributed by atoms with Crippen LogP contribution in [0.4, 0.5) is 5.82 Å². The van der Waals surface area contributed by atoms with Crippen LogP contribution in [0.15, 0.2) is 36.5 Å². The number of H-pyrrole nitrogens is 1. The van der Waals surface area contributed by atoms with Gasteiger partial charge in [0.2, 0.25) is 0 Å². The summed E-state index contributed by atoms with van der Waals surface area (Å²) in [6.45, 7) is 5.07. The van der Waals surface area contributed by atoms with Gasteiger partial charge in [0.15, 0.2) is 0 Å². The quantitative estimate of drug-likeness (QED) is 0.555. The molecule has 0 aliphatic rings. The fourth-order valence-electron chi connectivity index (χ4n) is 3.03. The predicted octanol–water partition coefficient (Wildman–Crippen LogP) is 4.70. The molecular weight excluding hydrogens is 316 g/mol. The average molecular weight is 336 g/mol. The van der Waals surface area contributed by atoms with E-state index in [1.54, 1.807) is 11.3 Å². The zero-order valence-corrected chi connectivity index (χ0v) is 14.7. The van der Waals surface area contributed by atoms with E-state index in [2.05, 4.69) is 65.7 Å². The number of fused-ring (bicyclic) bond motifs is 2. The Morgan fingerprint density at radius 1 is 1.17 bits per heavy atom. The first-order valence-electron chi connectivity index (χ1n) is 8.30. The van der Waals surface area contributed by atoms with Crippen molar-refractivity contribution in [3.63, 3.8) is 0 Å². The van der Waals surface area contributed by atoms with Crippen LogP contribution in [0.1, 0.15) is 23.2 Å². The Balaban J connectivity index is 1.56. The summed E-state index contributed by atoms with van der Waals surface area (Å²) in [6.07, 6.45) is 3.91. The first kappa shape index (κ1) is 15.1. The minimum absolute atomic E-state index is 0.851. The van der Waals surface area contributed by atoms with Gasteiger partial charge in [-0.1, -0.05) is 25.1 Å². The van der Waals surface area contributed by atoms with Crippen molar-refractivity contribution < 1.29 is 0 Å². The molecule has 0 amide bonds. The number of anilines is 1. The highest BCUT2D eigenvalue weighted by molar-refractivity contribution is 7.18. The molecule has 0 bridgehead atoms. The van der Waals surface area contributed by atoms with Crippen LogP contribution in [0.2, 0.25) is 0 Å². The maximum atomic E-state index is 4.69. The third-order valence-corrected chi connectivity index (χ3v) is 5.18. The van der Waals surface area contributed by atoms with Crippen molar-refractivity contribution in [2.75, 3.05) is 11.9 Å². The molecule has 0 radical (unpaired) electrons. The van der Waals surface area contributed by atoms with Gasteiger partial charge in [-0.15, -0.1) is 11.3 Å². The van der Waals surface area contributed by atoms with Gasteiger partial charge >= 0.3 is 0 Å². The second kappa shape index (κ2) is 6.24. The lowest BCUT2D eigenvalue weighted by molar-refractivity contribution is 0.948. The van der Waals surface area contributed by atoms with Crippen LogP contribution in [-0.2, 0) is 12.8 Å². The van der Waals surface area contributed by atoms with Crippen LogP contribution < -0.4 is 5.32 Å². The Bertz CT molecular complexity index is 999. The Labute approximate surface area is 145 Å². The Morgan fingerprint density at radius 3 is 2.92 bits per heavy atom. The van der Waals surface area contributed by atoms with Gasteiger partial charge in [0.05, 0.1) is 5.39 Å². The van der Waals surface area contributed by atoms with Crippen LogP contribution in [0.3, 0.4) is 0 Å². The summed E-state index contributed by atoms with van der Waals surface area (Å²) < 4.78 is 0. The SMILES string of the molecule is CCc1nc(NCCc2c[nH]c3ccccc23)c2cc(C)sc2n1. The minimum atomic E-state index is 0.851. The molecule has 2 N–H and O–H groups in total. The van der Waals surface area contributed by atoms with E-state index in [1.807, 2.05) is 0 Å². The van der Waals surface area contributed by atoms with Gasteiger partial charge in [-0.05, 0) is 31.0 Å². The number of hydrogen-bond acceptors (Lipinski definition) is 4. The molecule has 1 aromatic carbocycles. The van der Waals surface area contributed by atoms with E-state index >= 15 is 0 Å². The standard InChI is InChI=1S/C19H20N4S/c1-3-17-22-18(15-10-12(2)24-19(15)23-17)20-9-8-13-11-21-16-7-5-4-6-14(13)16/h4-7,10-11,21H,3,8-9H2,1-2H3,(H,20,22,23). The number of aromatic nitrogens is 3. The third-order valence-electron chi connectivity index (χ3n) is 4.24. The molecule has 0 saturated carbocycles. The van der Waals surface area contributed by atoms with Gasteiger partial charge in [0, 0.05) is 34.9 Å². The van der Waals surface area contributed by atoms with Gasteiger partial charge in [0.1, 0.15) is 16.5 Å². The lowest BCUT2D eigenvalue weighted by Gasteiger charge is -2.08. The number of rotatable bonds is 5. The fraction of sp³-hybridized carbons (Fsp3) is 0.263. The number of aromatic amines is 1. The van der Waals surface area contributed by atoms with Gasteiger partial charge in [-0.2, -0.15) is 0 Å². The number of para-hydroxylation sites is 1. The summed E-state index contributed by atoms with van der Waals surface area (Å²) in [6, 6.07) is 10.6. The molecule has 0 aliphatic heterocycles. The molecule has 0 saturated heterocycles. The highest BCUT2D eigenvalue weighted by atomic mass is 32.1. The monoisotopic (exact) mass is 336 g/mol. The highest BCUT2D eigenvalue weighted by Gasteiger charge is 2.10. The predicted molar refractivity (Wildman–Crippen MR) is 102 cm³/mol. The Kier molecular flexibility index (Phi) is 3.94. The first-order valence-corrected chi connectivity index (χ1v) is 9.12. The Morgan fingerprint density at radius 2 is 2.04 bits per heavy atom. The van der Waals surface area contributed by atoms with Gasteiger partial charge < -0.3 is 10.3 Å². The van der Waals surface area contributed by atoms with Crippen molar-refractivity contribution in [3.8, 4) is 0 Å². The molecule has 0 aliphatic carbocycles. The zero-order valence-electron chi connectivity index (χ0n) is 13.9. The van der Waals surface area contributed by atoms with E-state index in [4.69, 9.17) is 4.98 Å². The number of nitrogens with zero attached hydrogens (tertiary/aromatic N) is 2. The molecule has 0 unspecified atom stereocenters. The van der Waals surface area contributed by atoms with E-state index in [0.717, 1.165) is 41.2 Å². The maximum Gasteiger partial charge on any atom is 0.138 e. The van der Waals surface area contributed by atoms with E-state index in [-0.39, 0.29) is 0 Å². The summed E-state index contributed by atoms with van der Waals surface area (Å²) in [4.78, 5) is 15.0. The largest absolute Gasteiger partial charge is 0.369 e. The maximum absolute atomic E-state index is 4.69. The van der Waals surface area contributed by atoms with Crippen LogP contribution in [0, 0.1) is 6.92 Å². The molecule has 24 heavy (non-hydrogen) atoms. The third kappa shape index (κ3) is 2.76. The van der Waals surface area contributed by atoms with Crippen molar-refractivity contribution in [1.82, 2.24) is 15.0 Å². The number of aryl methyl sites for hydroxylation is 2. The molecule has 5 heteroatoms. The molecule has 0 spiro atoms. The first-order chi connectivity index (χ1) is 11.7. The number of benzene rings is 1. The summed E-state index contributed by atoms with van der Waals surface area (Å²) in [5.41, 5.74) is 2.53. The van der Waals surface area contributed by atoms with E-state index < -0.39 is 0 Å². The van der Waals surface area contributed by atoms with Crippen molar-refractivity contribution in [2.45, 2.75) is 26.7 Å². The second-order valence-electron chi connectivity index (χ2n) is 5.95. The molecule has 0 atom stereocenters. The van der Waals surface area contributed by atoms with Crippen LogP contribution in [0.25, 0.3) is 21.1 Å². The highest BCUT2D eigenvalue weighted by Crippen LogP contribution is 2.28. The molecule has 4 nitrogen and oxygen atoms in total. The van der Waals surface area contributed by atoms with Gasteiger partial charge in [-0.25, -0.2) is 9.97 Å². The van der Waals surface area contributed by atoms with Crippen molar-refractivity contribution in [2.24, 2.45) is 0 Å². The smallest absolute Gasteiger partial charge is 0.138 e. The molecule has 0 fully saturated rings. The summed E-state index contributed by atoms with van der Waals surface area (Å²) in [5.74, 6) is 1.86. The van der Waals surface area contributed by atoms with Crippen LogP contribution in [0.5, 0.6) is 0 Å². The van der Waals surface area contributed by atoms with Crippen molar-refractivity contribution in [1.29, 1.82) is 0 Å². The van der Waals surface area contributed by atoms with E-state index in [0.29, 0.717) is 0 Å². The number of hydrogen-bond donors (Lipinski definition) is 2. The molecule has 3 heterocycles. The molecule has 4 rings (SSSR count). The average Bonchev–Trinajstić information content (AvgIpc) is 3.17. The lowest BCUT2D eigenvalue weighted by Crippen LogP contribution is -2.08. The Hall–Kier alpha value is -2.40. The summed E-state index contributed by atoms with van der Waals surface area (Å²) in [7, 11) is 0. The molecular formula is C19H20N4S. The van der Waals surface area contributed by atoms with E-state index in [9.17, 15) is 0 Å². The van der Waals surface area contributed by atoms with Gasteiger partial charge in [0.25, 0.3) is 0 Å². The second-order valence-corrected chi connectivity index (χ2v) is 7.19. The lowest BCUT2D eigenvalue weighted by atomic mass is 10.1. The fourth-order valence-corrected chi connectivity index (χ4v) is 3.93. The van der Waals surface area contributed by atoms with Gasteiger partial charge in [-0.3, -0.25) is 0 Å². The summed E-state index contributed by atoms with van der Waals surface area (Å²) >= 11 is 1.73. The van der Waals surface area contributed by atoms with Crippen molar-refractivity contribution >= 4 is 38.3 Å². The number of nitrogens with one attached hydrogen (secondary N) is 2. The van der Waals surface area contributed by atoms with E-state index in [1.165, 1.54) is 21.3 Å². The topological polar surface area (TPSA) is 53.6 Å². The van der Waals surface area contributed by atoms with Crippen LogP contribution in [-0.4, -0.2) is 21.5 Å². The normalized spacial score (nSPS) is 11.4. The molecule has 122 valence electrons. The minimum Gasteiger partial charge on any atom is -0.369 e. The zero-order chi connectivity index (χ0) is 16.5. The number of thiophene rings is 1. The van der Waals surface area contributed by atoms with Crippen molar-refractivity contribution in [3.05, 3.63) is 52.8 Å². The molecule has 4 aromatic rings. The van der Waals surface area contributed by atoms with Crippen LogP contribution >= 0.6 is 11.3 Å². The summed E-state index contributed by atoms with van der Waals surface area (Å²) in [5, 5.41) is 5.95.